The van der Waals surface area contributed by atoms with E-state index in [9.17, 15) is 9.90 Å². The first-order chi connectivity index (χ1) is 12.2. The minimum Gasteiger partial charge on any atom is -0.497 e. The molecule has 0 fully saturated rings. The first-order valence-corrected chi connectivity index (χ1v) is 7.39. The molecule has 3 aromatic heterocycles. The van der Waals surface area contributed by atoms with Gasteiger partial charge in [0.15, 0.2) is 11.5 Å². The molecule has 4 aromatic rings. The van der Waals surface area contributed by atoms with E-state index in [1.165, 1.54) is 12.3 Å². The summed E-state index contributed by atoms with van der Waals surface area (Å²) in [5, 5.41) is 13.9. The zero-order valence-electron chi connectivity index (χ0n) is 13.1. The first-order valence-electron chi connectivity index (χ1n) is 7.39. The Bertz CT molecular complexity index is 1050. The number of ether oxygens (including phenoxy) is 1. The van der Waals surface area contributed by atoms with Crippen LogP contribution in [-0.4, -0.2) is 28.3 Å². The minimum atomic E-state index is -1.10. The molecular formula is C18H12N2O5. The number of carboxylic acids is 1. The molecule has 0 radical (unpaired) electrons. The van der Waals surface area contributed by atoms with Crippen LogP contribution in [-0.2, 0) is 0 Å². The van der Waals surface area contributed by atoms with E-state index in [-0.39, 0.29) is 11.3 Å². The molecular weight excluding hydrogens is 324 g/mol. The van der Waals surface area contributed by atoms with Crippen LogP contribution in [0.2, 0.25) is 0 Å². The van der Waals surface area contributed by atoms with Gasteiger partial charge in [-0.2, -0.15) is 0 Å². The van der Waals surface area contributed by atoms with E-state index in [2.05, 4.69) is 10.1 Å². The van der Waals surface area contributed by atoms with Crippen LogP contribution in [0, 0.1) is 0 Å². The second kappa shape index (κ2) is 5.79. The molecule has 0 unspecified atom stereocenters. The zero-order chi connectivity index (χ0) is 17.4. The Balaban J connectivity index is 1.92. The molecule has 3 heterocycles. The third-order valence-electron chi connectivity index (χ3n) is 3.82. The van der Waals surface area contributed by atoms with Gasteiger partial charge in [0, 0.05) is 5.56 Å². The molecule has 25 heavy (non-hydrogen) atoms. The van der Waals surface area contributed by atoms with Gasteiger partial charge in [-0.3, -0.25) is 0 Å². The highest BCUT2D eigenvalue weighted by Gasteiger charge is 2.22. The van der Waals surface area contributed by atoms with Gasteiger partial charge in [-0.25, -0.2) is 9.78 Å². The lowest BCUT2D eigenvalue weighted by molar-refractivity contribution is 0.0699. The Morgan fingerprint density at radius 1 is 1.20 bits per heavy atom. The molecule has 0 aliphatic carbocycles. The lowest BCUT2D eigenvalue weighted by Gasteiger charge is -2.05. The monoisotopic (exact) mass is 336 g/mol. The molecule has 0 atom stereocenters. The van der Waals surface area contributed by atoms with E-state index in [1.807, 2.05) is 0 Å². The maximum Gasteiger partial charge on any atom is 0.336 e. The maximum atomic E-state index is 11.8. The van der Waals surface area contributed by atoms with Crippen molar-refractivity contribution in [1.82, 2.24) is 10.1 Å². The van der Waals surface area contributed by atoms with Gasteiger partial charge in [0.1, 0.15) is 5.75 Å². The molecule has 0 spiro atoms. The summed E-state index contributed by atoms with van der Waals surface area (Å²) < 4.78 is 15.7. The predicted octanol–water partition coefficient (Wildman–Crippen LogP) is 3.86. The lowest BCUT2D eigenvalue weighted by atomic mass is 10.0. The Morgan fingerprint density at radius 3 is 2.64 bits per heavy atom. The number of carboxylic acid groups (broad SMARTS) is 1. The molecule has 124 valence electrons. The molecule has 0 aliphatic rings. The van der Waals surface area contributed by atoms with Crippen LogP contribution in [0.3, 0.4) is 0 Å². The Hall–Kier alpha value is -3.61. The smallest absolute Gasteiger partial charge is 0.336 e. The highest BCUT2D eigenvalue weighted by molar-refractivity contribution is 6.07. The van der Waals surface area contributed by atoms with Crippen molar-refractivity contribution in [2.75, 3.05) is 7.11 Å². The average molecular weight is 336 g/mol. The normalized spacial score (nSPS) is 10.9. The molecule has 1 N–H and O–H groups in total. The van der Waals surface area contributed by atoms with Crippen molar-refractivity contribution in [3.8, 4) is 28.5 Å². The minimum absolute atomic E-state index is 0.0449. The van der Waals surface area contributed by atoms with Crippen molar-refractivity contribution in [3.05, 3.63) is 54.3 Å². The number of fused-ring (bicyclic) bond motifs is 1. The number of pyridine rings is 1. The van der Waals surface area contributed by atoms with Crippen LogP contribution in [0.1, 0.15) is 10.4 Å². The summed E-state index contributed by atoms with van der Waals surface area (Å²) in [6, 6.07) is 12.0. The number of hydrogen-bond donors (Lipinski definition) is 1. The molecule has 7 heteroatoms. The van der Waals surface area contributed by atoms with Crippen molar-refractivity contribution in [1.29, 1.82) is 0 Å². The fourth-order valence-electron chi connectivity index (χ4n) is 2.61. The number of nitrogens with zero attached hydrogens (tertiary/aromatic N) is 2. The number of hydrogen-bond acceptors (Lipinski definition) is 6. The van der Waals surface area contributed by atoms with E-state index in [1.54, 1.807) is 43.5 Å². The Kier molecular flexibility index (Phi) is 3.46. The number of rotatable bonds is 4. The van der Waals surface area contributed by atoms with E-state index >= 15 is 0 Å². The fraction of sp³-hybridized carbons (Fsp3) is 0.0556. The second-order valence-corrected chi connectivity index (χ2v) is 5.28. The van der Waals surface area contributed by atoms with E-state index in [0.29, 0.717) is 28.3 Å². The molecule has 7 nitrogen and oxygen atoms in total. The quantitative estimate of drug-likeness (QED) is 0.604. The number of carbonyl (C=O) groups is 1. The lowest BCUT2D eigenvalue weighted by Crippen LogP contribution is -2.00. The molecule has 0 amide bonds. The van der Waals surface area contributed by atoms with Crippen LogP contribution in [0.25, 0.3) is 33.8 Å². The van der Waals surface area contributed by atoms with Gasteiger partial charge in [-0.1, -0.05) is 5.16 Å². The maximum absolute atomic E-state index is 11.8. The summed E-state index contributed by atoms with van der Waals surface area (Å²) >= 11 is 0. The first kappa shape index (κ1) is 14.9. The summed E-state index contributed by atoms with van der Waals surface area (Å²) in [4.78, 5) is 16.2. The summed E-state index contributed by atoms with van der Waals surface area (Å²) in [5.74, 6) is 0.0153. The summed E-state index contributed by atoms with van der Waals surface area (Å²) in [5.41, 5.74) is 1.70. The number of aromatic nitrogens is 2. The predicted molar refractivity (Wildman–Crippen MR) is 88.5 cm³/mol. The summed E-state index contributed by atoms with van der Waals surface area (Å²) in [7, 11) is 1.58. The summed E-state index contributed by atoms with van der Waals surface area (Å²) in [6.07, 6.45) is 1.48. The molecule has 4 rings (SSSR count). The Labute approximate surface area is 141 Å². The zero-order valence-corrected chi connectivity index (χ0v) is 13.1. The van der Waals surface area contributed by atoms with Crippen molar-refractivity contribution in [2.45, 2.75) is 0 Å². The van der Waals surface area contributed by atoms with Crippen molar-refractivity contribution in [3.63, 3.8) is 0 Å². The van der Waals surface area contributed by atoms with Crippen molar-refractivity contribution < 1.29 is 23.6 Å². The topological polar surface area (TPSA) is 98.6 Å². The van der Waals surface area contributed by atoms with E-state index in [0.717, 1.165) is 5.56 Å². The SMILES string of the molecule is COc1ccc(-c2cc(C(=O)O)c3c(-c4ccco4)noc3n2)cc1. The number of benzene rings is 1. The third kappa shape index (κ3) is 2.51. The standard InChI is InChI=1S/C18H12N2O5/c1-23-11-6-4-10(5-7-11)13-9-12(18(21)22)15-16(14-3-2-8-24-14)20-25-17(15)19-13/h2-9H,1H3,(H,21,22). The number of aromatic carboxylic acids is 1. The van der Waals surface area contributed by atoms with Crippen molar-refractivity contribution >= 4 is 17.1 Å². The molecule has 0 bridgehead atoms. The van der Waals surface area contributed by atoms with Crippen LogP contribution in [0.15, 0.2) is 57.7 Å². The van der Waals surface area contributed by atoms with Crippen LogP contribution < -0.4 is 4.74 Å². The van der Waals surface area contributed by atoms with E-state index in [4.69, 9.17) is 13.7 Å². The van der Waals surface area contributed by atoms with Gasteiger partial charge in [0.2, 0.25) is 0 Å². The van der Waals surface area contributed by atoms with Crippen molar-refractivity contribution in [2.24, 2.45) is 0 Å². The van der Waals surface area contributed by atoms with Gasteiger partial charge in [0.05, 0.1) is 30.0 Å². The molecule has 0 saturated carbocycles. The average Bonchev–Trinajstić information content (AvgIpc) is 3.30. The van der Waals surface area contributed by atoms with Crippen LogP contribution in [0.4, 0.5) is 0 Å². The van der Waals surface area contributed by atoms with Gasteiger partial charge >= 0.3 is 5.97 Å². The highest BCUT2D eigenvalue weighted by Crippen LogP contribution is 2.33. The highest BCUT2D eigenvalue weighted by atomic mass is 16.5. The Morgan fingerprint density at radius 2 is 2.00 bits per heavy atom. The second-order valence-electron chi connectivity index (χ2n) is 5.28. The van der Waals surface area contributed by atoms with E-state index < -0.39 is 5.97 Å². The third-order valence-corrected chi connectivity index (χ3v) is 3.82. The van der Waals surface area contributed by atoms with Gasteiger partial charge in [-0.05, 0) is 42.5 Å². The summed E-state index contributed by atoms with van der Waals surface area (Å²) in [6.45, 7) is 0. The van der Waals surface area contributed by atoms with Gasteiger partial charge in [-0.15, -0.1) is 0 Å². The molecule has 0 saturated heterocycles. The van der Waals surface area contributed by atoms with Gasteiger partial charge < -0.3 is 18.8 Å². The van der Waals surface area contributed by atoms with Crippen LogP contribution in [0.5, 0.6) is 5.75 Å². The van der Waals surface area contributed by atoms with Gasteiger partial charge in [0.25, 0.3) is 5.71 Å². The largest absolute Gasteiger partial charge is 0.497 e. The number of methoxy groups -OCH3 is 1. The fourth-order valence-corrected chi connectivity index (χ4v) is 2.61. The van der Waals surface area contributed by atoms with Crippen LogP contribution >= 0.6 is 0 Å². The molecule has 0 aliphatic heterocycles. The number of furan rings is 1. The molecule has 1 aromatic carbocycles.